The molecule has 0 bridgehead atoms. The zero-order valence-corrected chi connectivity index (χ0v) is 14.8. The summed E-state index contributed by atoms with van der Waals surface area (Å²) in [6, 6.07) is 11.4. The van der Waals surface area contributed by atoms with Crippen LogP contribution in [0.1, 0.15) is 17.0 Å². The van der Waals surface area contributed by atoms with E-state index in [1.807, 2.05) is 23.7 Å². The molecule has 1 aromatic heterocycles. The van der Waals surface area contributed by atoms with Crippen LogP contribution in [0.2, 0.25) is 0 Å². The Morgan fingerprint density at radius 1 is 1.32 bits per heavy atom. The molecule has 1 saturated heterocycles. The van der Waals surface area contributed by atoms with Crippen molar-refractivity contribution in [3.05, 3.63) is 47.3 Å². The lowest BCUT2D eigenvalue weighted by Gasteiger charge is -2.32. The van der Waals surface area contributed by atoms with Gasteiger partial charge in [0.2, 0.25) is 0 Å². The van der Waals surface area contributed by atoms with Crippen molar-refractivity contribution >= 4 is 0 Å². The normalized spacial score (nSPS) is 18.0. The van der Waals surface area contributed by atoms with Crippen LogP contribution in [0, 0.1) is 25.2 Å². The summed E-state index contributed by atoms with van der Waals surface area (Å²) in [5.41, 5.74) is 2.86. The van der Waals surface area contributed by atoms with E-state index in [9.17, 15) is 0 Å². The van der Waals surface area contributed by atoms with Crippen LogP contribution in [0.25, 0.3) is 0 Å². The van der Waals surface area contributed by atoms with Crippen molar-refractivity contribution in [1.29, 1.82) is 5.26 Å². The van der Waals surface area contributed by atoms with Crippen LogP contribution in [0.15, 0.2) is 30.3 Å². The van der Waals surface area contributed by atoms with E-state index in [4.69, 9.17) is 14.7 Å². The predicted octanol–water partition coefficient (Wildman–Crippen LogP) is 2.15. The zero-order valence-electron chi connectivity index (χ0n) is 14.8. The van der Waals surface area contributed by atoms with Gasteiger partial charge in [-0.1, -0.05) is 0 Å². The van der Waals surface area contributed by atoms with Crippen LogP contribution in [-0.4, -0.2) is 53.6 Å². The van der Waals surface area contributed by atoms with E-state index in [0.717, 1.165) is 44.2 Å². The fourth-order valence-corrected chi connectivity index (χ4v) is 3.06. The third kappa shape index (κ3) is 4.81. The largest absolute Gasteiger partial charge is 0.492 e. The van der Waals surface area contributed by atoms with Crippen molar-refractivity contribution in [2.75, 3.05) is 32.8 Å². The van der Waals surface area contributed by atoms with E-state index in [1.54, 1.807) is 12.1 Å². The number of nitrogens with zero attached hydrogens (tertiary/aromatic N) is 4. The van der Waals surface area contributed by atoms with Gasteiger partial charge in [0, 0.05) is 25.3 Å². The summed E-state index contributed by atoms with van der Waals surface area (Å²) in [5, 5.41) is 13.3. The number of ether oxygens (including phenoxy) is 2. The lowest BCUT2D eigenvalue weighted by Crippen LogP contribution is -2.45. The summed E-state index contributed by atoms with van der Waals surface area (Å²) >= 11 is 0. The molecule has 0 saturated carbocycles. The Bertz CT molecular complexity index is 733. The fourth-order valence-electron chi connectivity index (χ4n) is 3.06. The van der Waals surface area contributed by atoms with Gasteiger partial charge in [0.1, 0.15) is 12.4 Å². The number of aryl methyl sites for hydroxylation is 2. The molecule has 0 N–H and O–H groups in total. The second-order valence-electron chi connectivity index (χ2n) is 6.39. The second kappa shape index (κ2) is 8.15. The molecule has 6 nitrogen and oxygen atoms in total. The Hall–Kier alpha value is -2.36. The second-order valence-corrected chi connectivity index (χ2v) is 6.39. The predicted molar refractivity (Wildman–Crippen MR) is 94.5 cm³/mol. The third-order valence-corrected chi connectivity index (χ3v) is 4.36. The molecule has 25 heavy (non-hydrogen) atoms. The van der Waals surface area contributed by atoms with Crippen molar-refractivity contribution in [3.63, 3.8) is 0 Å². The van der Waals surface area contributed by atoms with E-state index in [2.05, 4.69) is 29.1 Å². The molecular weight excluding hydrogens is 316 g/mol. The number of rotatable bonds is 6. The average Bonchev–Trinajstić information content (AvgIpc) is 2.93. The SMILES string of the molecule is Cc1cc(C)n(C[C@H]2CN(CCOc3ccc(C#N)cc3)CCO2)n1. The van der Waals surface area contributed by atoms with Crippen molar-refractivity contribution in [2.24, 2.45) is 0 Å². The van der Waals surface area contributed by atoms with Gasteiger partial charge in [0.15, 0.2) is 0 Å². The minimum absolute atomic E-state index is 0.154. The molecule has 0 aliphatic carbocycles. The van der Waals surface area contributed by atoms with E-state index < -0.39 is 0 Å². The molecule has 0 amide bonds. The summed E-state index contributed by atoms with van der Waals surface area (Å²) in [5.74, 6) is 0.798. The van der Waals surface area contributed by atoms with Crippen LogP contribution < -0.4 is 4.74 Å². The number of hydrogen-bond acceptors (Lipinski definition) is 5. The molecule has 1 fully saturated rings. The topological polar surface area (TPSA) is 63.3 Å². The first-order valence-corrected chi connectivity index (χ1v) is 8.62. The molecule has 1 aliphatic heterocycles. The van der Waals surface area contributed by atoms with Crippen LogP contribution >= 0.6 is 0 Å². The highest BCUT2D eigenvalue weighted by atomic mass is 16.5. The van der Waals surface area contributed by atoms with Gasteiger partial charge in [-0.15, -0.1) is 0 Å². The number of hydrogen-bond donors (Lipinski definition) is 0. The van der Waals surface area contributed by atoms with Gasteiger partial charge in [-0.25, -0.2) is 0 Å². The van der Waals surface area contributed by atoms with Gasteiger partial charge in [0.05, 0.1) is 36.6 Å². The van der Waals surface area contributed by atoms with Crippen LogP contribution in [0.5, 0.6) is 5.75 Å². The molecule has 1 aromatic carbocycles. The lowest BCUT2D eigenvalue weighted by molar-refractivity contribution is -0.0403. The molecule has 2 aromatic rings. The molecular formula is C19H24N4O2. The van der Waals surface area contributed by atoms with Gasteiger partial charge < -0.3 is 9.47 Å². The summed E-state index contributed by atoms with van der Waals surface area (Å²) in [6.07, 6.45) is 0.154. The highest BCUT2D eigenvalue weighted by Crippen LogP contribution is 2.13. The van der Waals surface area contributed by atoms with Crippen molar-refractivity contribution in [3.8, 4) is 11.8 Å². The molecule has 1 atom stereocenters. The Balaban J connectivity index is 1.45. The summed E-state index contributed by atoms with van der Waals surface area (Å²) in [6.45, 7) is 8.90. The van der Waals surface area contributed by atoms with Crippen molar-refractivity contribution in [2.45, 2.75) is 26.5 Å². The van der Waals surface area contributed by atoms with E-state index in [-0.39, 0.29) is 6.10 Å². The summed E-state index contributed by atoms with van der Waals surface area (Å²) in [7, 11) is 0. The molecule has 6 heteroatoms. The molecule has 0 radical (unpaired) electrons. The number of morpholine rings is 1. The summed E-state index contributed by atoms with van der Waals surface area (Å²) < 4.78 is 13.7. The molecule has 0 spiro atoms. The van der Waals surface area contributed by atoms with Gasteiger partial charge in [0.25, 0.3) is 0 Å². The standard InChI is InChI=1S/C19H24N4O2/c1-15-11-16(2)23(21-15)14-19-13-22(8-10-25-19)7-9-24-18-5-3-17(12-20)4-6-18/h3-6,11,19H,7-10,13-14H2,1-2H3/t19-/m1/s1. The van der Waals surface area contributed by atoms with Gasteiger partial charge >= 0.3 is 0 Å². The van der Waals surface area contributed by atoms with E-state index in [1.165, 1.54) is 5.69 Å². The fraction of sp³-hybridized carbons (Fsp3) is 0.474. The highest BCUT2D eigenvalue weighted by molar-refractivity contribution is 5.34. The molecule has 132 valence electrons. The van der Waals surface area contributed by atoms with Crippen molar-refractivity contribution in [1.82, 2.24) is 14.7 Å². The Morgan fingerprint density at radius 2 is 2.12 bits per heavy atom. The number of benzene rings is 1. The minimum Gasteiger partial charge on any atom is -0.492 e. The molecule has 1 aliphatic rings. The van der Waals surface area contributed by atoms with Crippen molar-refractivity contribution < 1.29 is 9.47 Å². The number of nitriles is 1. The molecule has 3 rings (SSSR count). The lowest BCUT2D eigenvalue weighted by atomic mass is 10.2. The van der Waals surface area contributed by atoms with Gasteiger partial charge in [-0.2, -0.15) is 10.4 Å². The summed E-state index contributed by atoms with van der Waals surface area (Å²) in [4.78, 5) is 2.36. The first kappa shape index (κ1) is 17.5. The zero-order chi connectivity index (χ0) is 17.6. The Labute approximate surface area is 148 Å². The van der Waals surface area contributed by atoms with Crippen LogP contribution in [-0.2, 0) is 11.3 Å². The first-order valence-electron chi connectivity index (χ1n) is 8.62. The maximum Gasteiger partial charge on any atom is 0.119 e. The van der Waals surface area contributed by atoms with Gasteiger partial charge in [-0.3, -0.25) is 9.58 Å². The quantitative estimate of drug-likeness (QED) is 0.806. The smallest absolute Gasteiger partial charge is 0.119 e. The molecule has 0 unspecified atom stereocenters. The third-order valence-electron chi connectivity index (χ3n) is 4.36. The Morgan fingerprint density at radius 3 is 2.80 bits per heavy atom. The maximum absolute atomic E-state index is 8.81. The van der Waals surface area contributed by atoms with E-state index >= 15 is 0 Å². The minimum atomic E-state index is 0.154. The monoisotopic (exact) mass is 340 g/mol. The number of aromatic nitrogens is 2. The van der Waals surface area contributed by atoms with Gasteiger partial charge in [-0.05, 0) is 44.2 Å². The van der Waals surface area contributed by atoms with Crippen LogP contribution in [0.3, 0.4) is 0 Å². The van der Waals surface area contributed by atoms with E-state index in [0.29, 0.717) is 12.2 Å². The molecule has 2 heterocycles. The van der Waals surface area contributed by atoms with Crippen LogP contribution in [0.4, 0.5) is 0 Å². The Kier molecular flexibility index (Phi) is 5.69. The highest BCUT2D eigenvalue weighted by Gasteiger charge is 2.21. The maximum atomic E-state index is 8.81. The first-order chi connectivity index (χ1) is 12.1. The average molecular weight is 340 g/mol.